The maximum Gasteiger partial charge on any atom is 0.348 e. The quantitative estimate of drug-likeness (QED) is 0.716. The van der Waals surface area contributed by atoms with Gasteiger partial charge in [0.05, 0.1) is 6.61 Å². The minimum Gasteiger partial charge on any atom is -0.462 e. The highest BCUT2D eigenvalue weighted by Crippen LogP contribution is 2.23. The van der Waals surface area contributed by atoms with Crippen molar-refractivity contribution in [3.63, 3.8) is 0 Å². The van der Waals surface area contributed by atoms with Crippen molar-refractivity contribution in [2.75, 3.05) is 6.61 Å². The maximum absolute atomic E-state index is 11.4. The highest BCUT2D eigenvalue weighted by atomic mass is 32.1. The summed E-state index contributed by atoms with van der Waals surface area (Å²) in [5, 5.41) is 0. The first-order chi connectivity index (χ1) is 6.69. The van der Waals surface area contributed by atoms with E-state index in [0.29, 0.717) is 6.61 Å². The van der Waals surface area contributed by atoms with Crippen LogP contribution >= 0.6 is 11.3 Å². The molecular formula is C11H16O2S. The van der Waals surface area contributed by atoms with Crippen molar-refractivity contribution in [1.82, 2.24) is 0 Å². The normalized spacial score (nSPS) is 10.2. The Morgan fingerprint density at radius 2 is 2.21 bits per heavy atom. The molecule has 0 unspecified atom stereocenters. The lowest BCUT2D eigenvalue weighted by molar-refractivity contribution is 0.0532. The molecule has 1 aromatic heterocycles. The number of esters is 1. The topological polar surface area (TPSA) is 26.3 Å². The molecule has 2 nitrogen and oxygen atoms in total. The number of aryl methyl sites for hydroxylation is 2. The van der Waals surface area contributed by atoms with Crippen molar-refractivity contribution in [2.24, 2.45) is 0 Å². The summed E-state index contributed by atoms with van der Waals surface area (Å²) in [6, 6.07) is 1.96. The molecule has 0 bridgehead atoms. The van der Waals surface area contributed by atoms with Crippen molar-refractivity contribution >= 4 is 17.3 Å². The van der Waals surface area contributed by atoms with Crippen LogP contribution in [0.25, 0.3) is 0 Å². The molecule has 1 heterocycles. The molecule has 0 saturated heterocycles. The van der Waals surface area contributed by atoms with Crippen LogP contribution in [-0.4, -0.2) is 12.6 Å². The Morgan fingerprint density at radius 1 is 1.50 bits per heavy atom. The second-order valence-corrected chi connectivity index (χ2v) is 4.42. The van der Waals surface area contributed by atoms with Crippen LogP contribution in [0.5, 0.6) is 0 Å². The molecule has 3 heteroatoms. The Morgan fingerprint density at radius 3 is 2.79 bits per heavy atom. The molecule has 1 aromatic rings. The van der Waals surface area contributed by atoms with E-state index >= 15 is 0 Å². The predicted octanol–water partition coefficient (Wildman–Crippen LogP) is 3.19. The SMILES string of the molecule is CCCc1cc(C(=O)OCC)sc1C. The van der Waals surface area contributed by atoms with Crippen LogP contribution in [0.1, 0.15) is 40.4 Å². The Hall–Kier alpha value is -0.830. The van der Waals surface area contributed by atoms with Gasteiger partial charge in [0.25, 0.3) is 0 Å². The molecule has 0 aliphatic heterocycles. The van der Waals surface area contributed by atoms with Gasteiger partial charge in [-0.25, -0.2) is 4.79 Å². The molecular weight excluding hydrogens is 196 g/mol. The van der Waals surface area contributed by atoms with Crippen LogP contribution in [0.15, 0.2) is 6.07 Å². The summed E-state index contributed by atoms with van der Waals surface area (Å²) < 4.78 is 4.95. The number of carbonyl (C=O) groups is 1. The van der Waals surface area contributed by atoms with Gasteiger partial charge < -0.3 is 4.74 Å². The van der Waals surface area contributed by atoms with Gasteiger partial charge in [0.15, 0.2) is 0 Å². The lowest BCUT2D eigenvalue weighted by Crippen LogP contribution is -2.01. The van der Waals surface area contributed by atoms with Crippen LogP contribution in [0, 0.1) is 6.92 Å². The van der Waals surface area contributed by atoms with Gasteiger partial charge in [-0.05, 0) is 31.9 Å². The summed E-state index contributed by atoms with van der Waals surface area (Å²) in [5.74, 6) is -0.192. The molecule has 0 aliphatic carbocycles. The second-order valence-electron chi connectivity index (χ2n) is 3.16. The fourth-order valence-corrected chi connectivity index (χ4v) is 2.31. The molecule has 0 aromatic carbocycles. The van der Waals surface area contributed by atoms with Gasteiger partial charge in [-0.3, -0.25) is 0 Å². The van der Waals surface area contributed by atoms with E-state index < -0.39 is 0 Å². The summed E-state index contributed by atoms with van der Waals surface area (Å²) in [6.07, 6.45) is 2.15. The zero-order valence-electron chi connectivity index (χ0n) is 8.92. The smallest absolute Gasteiger partial charge is 0.348 e. The number of hydrogen-bond donors (Lipinski definition) is 0. The highest BCUT2D eigenvalue weighted by Gasteiger charge is 2.12. The van der Waals surface area contributed by atoms with Gasteiger partial charge in [-0.2, -0.15) is 0 Å². The zero-order valence-corrected chi connectivity index (χ0v) is 9.74. The monoisotopic (exact) mass is 212 g/mol. The Balaban J connectivity index is 2.79. The molecule has 0 amide bonds. The van der Waals surface area contributed by atoms with E-state index in [-0.39, 0.29) is 5.97 Å². The standard InChI is InChI=1S/C11H16O2S/c1-4-6-9-7-10(14-8(9)3)11(12)13-5-2/h7H,4-6H2,1-3H3. The van der Waals surface area contributed by atoms with Gasteiger partial charge in [-0.1, -0.05) is 13.3 Å². The van der Waals surface area contributed by atoms with Crippen molar-refractivity contribution in [2.45, 2.75) is 33.6 Å². The molecule has 14 heavy (non-hydrogen) atoms. The third kappa shape index (κ3) is 2.58. The minimum absolute atomic E-state index is 0.192. The van der Waals surface area contributed by atoms with Gasteiger partial charge >= 0.3 is 5.97 Å². The van der Waals surface area contributed by atoms with Crippen molar-refractivity contribution < 1.29 is 9.53 Å². The third-order valence-electron chi connectivity index (χ3n) is 2.02. The summed E-state index contributed by atoms with van der Waals surface area (Å²) in [7, 11) is 0. The lowest BCUT2D eigenvalue weighted by atomic mass is 10.1. The molecule has 0 aliphatic rings. The average Bonchev–Trinajstić information content (AvgIpc) is 2.49. The molecule has 1 rings (SSSR count). The van der Waals surface area contributed by atoms with Crippen LogP contribution in [0.4, 0.5) is 0 Å². The first-order valence-electron chi connectivity index (χ1n) is 4.95. The van der Waals surface area contributed by atoms with Crippen LogP contribution in [0.3, 0.4) is 0 Å². The van der Waals surface area contributed by atoms with Gasteiger partial charge in [0.1, 0.15) is 4.88 Å². The number of hydrogen-bond acceptors (Lipinski definition) is 3. The van der Waals surface area contributed by atoms with Gasteiger partial charge in [0.2, 0.25) is 0 Å². The number of rotatable bonds is 4. The lowest BCUT2D eigenvalue weighted by Gasteiger charge is -1.96. The molecule has 0 spiro atoms. The molecule has 78 valence electrons. The van der Waals surface area contributed by atoms with Crippen LogP contribution in [0.2, 0.25) is 0 Å². The van der Waals surface area contributed by atoms with E-state index in [1.165, 1.54) is 21.8 Å². The number of carbonyl (C=O) groups excluding carboxylic acids is 1. The van der Waals surface area contributed by atoms with E-state index in [0.717, 1.165) is 17.7 Å². The van der Waals surface area contributed by atoms with Gasteiger partial charge in [-0.15, -0.1) is 11.3 Å². The molecule has 0 fully saturated rings. The maximum atomic E-state index is 11.4. The highest BCUT2D eigenvalue weighted by molar-refractivity contribution is 7.14. The van der Waals surface area contributed by atoms with E-state index in [1.54, 1.807) is 0 Å². The average molecular weight is 212 g/mol. The first-order valence-corrected chi connectivity index (χ1v) is 5.77. The van der Waals surface area contributed by atoms with E-state index in [9.17, 15) is 4.79 Å². The van der Waals surface area contributed by atoms with Crippen LogP contribution < -0.4 is 0 Å². The van der Waals surface area contributed by atoms with Gasteiger partial charge in [0, 0.05) is 4.88 Å². The van der Waals surface area contributed by atoms with Crippen LogP contribution in [-0.2, 0) is 11.2 Å². The predicted molar refractivity (Wildman–Crippen MR) is 59.0 cm³/mol. The third-order valence-corrected chi connectivity index (χ3v) is 3.09. The van der Waals surface area contributed by atoms with Crippen molar-refractivity contribution in [1.29, 1.82) is 0 Å². The van der Waals surface area contributed by atoms with E-state index in [4.69, 9.17) is 4.74 Å². The number of ether oxygens (including phenoxy) is 1. The molecule has 0 atom stereocenters. The molecule has 0 radical (unpaired) electrons. The van der Waals surface area contributed by atoms with E-state index in [2.05, 4.69) is 13.8 Å². The first kappa shape index (κ1) is 11.2. The summed E-state index contributed by atoms with van der Waals surface area (Å²) >= 11 is 1.53. The molecule has 0 N–H and O–H groups in total. The Bertz CT molecular complexity index is 315. The molecule has 0 saturated carbocycles. The summed E-state index contributed by atoms with van der Waals surface area (Å²) in [6.45, 7) is 6.46. The second kappa shape index (κ2) is 5.15. The number of thiophene rings is 1. The summed E-state index contributed by atoms with van der Waals surface area (Å²) in [4.78, 5) is 13.4. The van der Waals surface area contributed by atoms with E-state index in [1.807, 2.05) is 13.0 Å². The Labute approximate surface area is 88.9 Å². The van der Waals surface area contributed by atoms with Crippen molar-refractivity contribution in [3.8, 4) is 0 Å². The zero-order chi connectivity index (χ0) is 10.6. The van der Waals surface area contributed by atoms with Crippen molar-refractivity contribution in [3.05, 3.63) is 21.4 Å². The fraction of sp³-hybridized carbons (Fsp3) is 0.545. The fourth-order valence-electron chi connectivity index (χ4n) is 1.34. The Kier molecular flexibility index (Phi) is 4.14. The largest absolute Gasteiger partial charge is 0.462 e. The minimum atomic E-state index is -0.192. The summed E-state index contributed by atoms with van der Waals surface area (Å²) in [5.41, 5.74) is 1.28.